The topological polar surface area (TPSA) is 9.23 Å². The zero-order valence-electron chi connectivity index (χ0n) is 9.20. The van der Waals surface area contributed by atoms with Crippen molar-refractivity contribution in [3.8, 4) is 16.9 Å². The van der Waals surface area contributed by atoms with Crippen LogP contribution in [0.15, 0.2) is 48.5 Å². The van der Waals surface area contributed by atoms with Gasteiger partial charge in [0.1, 0.15) is 12.4 Å². The van der Waals surface area contributed by atoms with E-state index in [2.05, 4.69) is 0 Å². The summed E-state index contributed by atoms with van der Waals surface area (Å²) in [5.41, 5.74) is 2.21. The maximum Gasteiger partial charge on any atom is 0.119 e. The highest BCUT2D eigenvalue weighted by atomic mass is 35.5. The van der Waals surface area contributed by atoms with E-state index in [9.17, 15) is 0 Å². The molecule has 0 saturated heterocycles. The van der Waals surface area contributed by atoms with Gasteiger partial charge in [-0.1, -0.05) is 35.9 Å². The Morgan fingerprint density at radius 1 is 0.941 bits per heavy atom. The number of hydrogen-bond acceptors (Lipinski definition) is 1. The van der Waals surface area contributed by atoms with Crippen LogP contribution in [-0.4, -0.2) is 12.5 Å². The van der Waals surface area contributed by atoms with Gasteiger partial charge in [-0.25, -0.2) is 0 Å². The van der Waals surface area contributed by atoms with Crippen LogP contribution in [0.25, 0.3) is 11.1 Å². The normalized spacial score (nSPS) is 10.2. The molecule has 0 aliphatic heterocycles. The second kappa shape index (κ2) is 5.95. The van der Waals surface area contributed by atoms with E-state index in [4.69, 9.17) is 27.9 Å². The van der Waals surface area contributed by atoms with E-state index in [1.807, 2.05) is 48.5 Å². The number of ether oxygens (including phenoxy) is 1. The second-order valence-corrected chi connectivity index (χ2v) is 4.39. The zero-order valence-corrected chi connectivity index (χ0v) is 10.7. The van der Waals surface area contributed by atoms with Crippen molar-refractivity contribution in [2.24, 2.45) is 0 Å². The summed E-state index contributed by atoms with van der Waals surface area (Å²) < 4.78 is 5.41. The van der Waals surface area contributed by atoms with Crippen LogP contribution in [0.2, 0.25) is 5.02 Å². The van der Waals surface area contributed by atoms with Crippen molar-refractivity contribution < 1.29 is 4.74 Å². The van der Waals surface area contributed by atoms with Gasteiger partial charge in [0.25, 0.3) is 0 Å². The van der Waals surface area contributed by atoms with Gasteiger partial charge in [0.2, 0.25) is 0 Å². The number of halogens is 2. The molecule has 0 radical (unpaired) electrons. The third-order valence-corrected chi connectivity index (χ3v) is 2.75. The Kier molecular flexibility index (Phi) is 4.29. The Morgan fingerprint density at radius 2 is 1.71 bits per heavy atom. The zero-order chi connectivity index (χ0) is 12.1. The van der Waals surface area contributed by atoms with E-state index in [0.29, 0.717) is 12.5 Å². The molecule has 0 heterocycles. The molecular formula is C14H12Cl2O. The summed E-state index contributed by atoms with van der Waals surface area (Å²) in [6, 6.07) is 15.7. The first-order valence-electron chi connectivity index (χ1n) is 5.34. The average molecular weight is 267 g/mol. The molecule has 0 unspecified atom stereocenters. The van der Waals surface area contributed by atoms with Crippen molar-refractivity contribution in [2.75, 3.05) is 12.5 Å². The third kappa shape index (κ3) is 3.39. The van der Waals surface area contributed by atoms with Gasteiger partial charge in [0, 0.05) is 5.02 Å². The quantitative estimate of drug-likeness (QED) is 0.734. The lowest BCUT2D eigenvalue weighted by Crippen LogP contribution is -1.97. The maximum absolute atomic E-state index is 5.96. The SMILES string of the molecule is ClCCOc1ccc(-c2cccc(Cl)c2)cc1. The van der Waals surface area contributed by atoms with Crippen molar-refractivity contribution in [1.82, 2.24) is 0 Å². The Labute approximate surface area is 111 Å². The third-order valence-electron chi connectivity index (χ3n) is 2.36. The number of hydrogen-bond donors (Lipinski definition) is 0. The van der Waals surface area contributed by atoms with Crippen LogP contribution in [0.4, 0.5) is 0 Å². The predicted molar refractivity (Wildman–Crippen MR) is 73.1 cm³/mol. The van der Waals surface area contributed by atoms with E-state index in [1.165, 1.54) is 0 Å². The molecule has 0 spiro atoms. The summed E-state index contributed by atoms with van der Waals surface area (Å²) in [6.45, 7) is 0.526. The number of rotatable bonds is 4. The number of alkyl halides is 1. The lowest BCUT2D eigenvalue weighted by Gasteiger charge is -2.06. The van der Waals surface area contributed by atoms with E-state index in [-0.39, 0.29) is 0 Å². The van der Waals surface area contributed by atoms with Gasteiger partial charge < -0.3 is 4.74 Å². The fourth-order valence-electron chi connectivity index (χ4n) is 1.57. The lowest BCUT2D eigenvalue weighted by molar-refractivity contribution is 0.343. The average Bonchev–Trinajstić information content (AvgIpc) is 2.37. The molecule has 0 amide bonds. The Balaban J connectivity index is 2.17. The molecule has 0 saturated carbocycles. The predicted octanol–water partition coefficient (Wildman–Crippen LogP) is 4.62. The van der Waals surface area contributed by atoms with Crippen molar-refractivity contribution in [1.29, 1.82) is 0 Å². The Bertz CT molecular complexity index is 480. The summed E-state index contributed by atoms with van der Waals surface area (Å²) in [5, 5.41) is 0.741. The van der Waals surface area contributed by atoms with Crippen molar-refractivity contribution in [2.45, 2.75) is 0 Å². The van der Waals surface area contributed by atoms with E-state index < -0.39 is 0 Å². The lowest BCUT2D eigenvalue weighted by atomic mass is 10.1. The summed E-state index contributed by atoms with van der Waals surface area (Å²) in [5.74, 6) is 1.33. The van der Waals surface area contributed by atoms with Gasteiger partial charge in [-0.3, -0.25) is 0 Å². The first-order valence-corrected chi connectivity index (χ1v) is 6.25. The molecule has 2 aromatic rings. The van der Waals surface area contributed by atoms with Crippen LogP contribution < -0.4 is 4.74 Å². The highest BCUT2D eigenvalue weighted by Gasteiger charge is 1.99. The summed E-state index contributed by atoms with van der Waals surface area (Å²) in [4.78, 5) is 0. The van der Waals surface area contributed by atoms with Gasteiger partial charge in [-0.15, -0.1) is 11.6 Å². The molecule has 0 fully saturated rings. The molecule has 0 N–H and O–H groups in total. The standard InChI is InChI=1S/C14H12Cl2O/c15-8-9-17-14-6-4-11(5-7-14)12-2-1-3-13(16)10-12/h1-7,10H,8-9H2. The molecule has 0 atom stereocenters. The van der Waals surface area contributed by atoms with Crippen LogP contribution in [0.1, 0.15) is 0 Å². The van der Waals surface area contributed by atoms with Crippen LogP contribution >= 0.6 is 23.2 Å². The van der Waals surface area contributed by atoms with Crippen molar-refractivity contribution >= 4 is 23.2 Å². The molecule has 0 aliphatic rings. The summed E-state index contributed by atoms with van der Waals surface area (Å²) in [7, 11) is 0. The first kappa shape index (κ1) is 12.3. The Morgan fingerprint density at radius 3 is 2.35 bits per heavy atom. The molecule has 0 aliphatic carbocycles. The fourth-order valence-corrected chi connectivity index (χ4v) is 1.84. The van der Waals surface area contributed by atoms with Crippen LogP contribution in [0.5, 0.6) is 5.75 Å². The molecule has 2 rings (SSSR count). The number of benzene rings is 2. The monoisotopic (exact) mass is 266 g/mol. The highest BCUT2D eigenvalue weighted by molar-refractivity contribution is 6.30. The minimum absolute atomic E-state index is 0.496. The van der Waals surface area contributed by atoms with E-state index >= 15 is 0 Å². The molecule has 1 nitrogen and oxygen atoms in total. The van der Waals surface area contributed by atoms with Crippen molar-refractivity contribution in [3.63, 3.8) is 0 Å². The van der Waals surface area contributed by atoms with Gasteiger partial charge in [0.15, 0.2) is 0 Å². The highest BCUT2D eigenvalue weighted by Crippen LogP contribution is 2.24. The van der Waals surface area contributed by atoms with Gasteiger partial charge in [-0.05, 0) is 35.4 Å². The largest absolute Gasteiger partial charge is 0.492 e. The summed E-state index contributed by atoms with van der Waals surface area (Å²) in [6.07, 6.45) is 0. The molecule has 0 aromatic heterocycles. The van der Waals surface area contributed by atoms with Crippen LogP contribution in [-0.2, 0) is 0 Å². The van der Waals surface area contributed by atoms with Gasteiger partial charge in [-0.2, -0.15) is 0 Å². The smallest absolute Gasteiger partial charge is 0.119 e. The summed E-state index contributed by atoms with van der Waals surface area (Å²) >= 11 is 11.5. The van der Waals surface area contributed by atoms with Gasteiger partial charge >= 0.3 is 0 Å². The van der Waals surface area contributed by atoms with Gasteiger partial charge in [0.05, 0.1) is 5.88 Å². The van der Waals surface area contributed by atoms with E-state index in [1.54, 1.807) is 0 Å². The maximum atomic E-state index is 5.96. The molecule has 17 heavy (non-hydrogen) atoms. The molecule has 88 valence electrons. The molecule has 2 aromatic carbocycles. The minimum atomic E-state index is 0.496. The minimum Gasteiger partial charge on any atom is -0.492 e. The molecular weight excluding hydrogens is 255 g/mol. The van der Waals surface area contributed by atoms with Crippen LogP contribution in [0, 0.1) is 0 Å². The molecule has 3 heteroatoms. The fraction of sp³-hybridized carbons (Fsp3) is 0.143. The van der Waals surface area contributed by atoms with E-state index in [0.717, 1.165) is 21.9 Å². The van der Waals surface area contributed by atoms with Crippen LogP contribution in [0.3, 0.4) is 0 Å². The molecule has 0 bridgehead atoms. The second-order valence-electron chi connectivity index (χ2n) is 3.57. The van der Waals surface area contributed by atoms with Crippen molar-refractivity contribution in [3.05, 3.63) is 53.6 Å². The first-order chi connectivity index (χ1) is 8.29. The Hall–Kier alpha value is -1.18.